The number of anilines is 1. The first-order chi connectivity index (χ1) is 12.2. The Balaban J connectivity index is 1.78. The largest absolute Gasteiger partial charge is 0.493 e. The molecule has 1 unspecified atom stereocenters. The minimum Gasteiger partial charge on any atom is -0.493 e. The highest BCUT2D eigenvalue weighted by Gasteiger charge is 2.28. The van der Waals surface area contributed by atoms with E-state index >= 15 is 0 Å². The van der Waals surface area contributed by atoms with Gasteiger partial charge in [-0.1, -0.05) is 12.8 Å². The van der Waals surface area contributed by atoms with E-state index in [0.29, 0.717) is 23.7 Å². The summed E-state index contributed by atoms with van der Waals surface area (Å²) in [6, 6.07) is 8.99. The summed E-state index contributed by atoms with van der Waals surface area (Å²) < 4.78 is 16.1. The number of amides is 2. The third-order valence-corrected chi connectivity index (χ3v) is 4.52. The van der Waals surface area contributed by atoms with Crippen LogP contribution in [0.25, 0.3) is 0 Å². The van der Waals surface area contributed by atoms with Crippen LogP contribution in [0, 0.1) is 0 Å². The summed E-state index contributed by atoms with van der Waals surface area (Å²) in [4.78, 5) is 14.7. The topological polar surface area (TPSA) is 63.9 Å². The van der Waals surface area contributed by atoms with Crippen molar-refractivity contribution in [3.05, 3.63) is 42.4 Å². The Morgan fingerprint density at radius 1 is 1.16 bits per heavy atom. The van der Waals surface area contributed by atoms with Gasteiger partial charge in [0.05, 0.1) is 26.5 Å². The number of nitrogens with zero attached hydrogens (tertiary/aromatic N) is 1. The standard InChI is InChI=1S/C19H24N2O4/c1-23-17-10-9-14(13-18(17)24-2)20-19(22)21-11-5-3-4-7-15(21)16-8-6-12-25-16/h6,8-10,12-13,15H,3-5,7,11H2,1-2H3,(H,20,22). The third kappa shape index (κ3) is 3.90. The number of carbonyl (C=O) groups is 1. The second-order valence-corrected chi connectivity index (χ2v) is 6.07. The average Bonchev–Trinajstić information content (AvgIpc) is 3.05. The molecular formula is C19H24N2O4. The molecule has 0 bridgehead atoms. The van der Waals surface area contributed by atoms with E-state index in [9.17, 15) is 4.79 Å². The van der Waals surface area contributed by atoms with Gasteiger partial charge in [0.15, 0.2) is 11.5 Å². The molecule has 2 heterocycles. The predicted molar refractivity (Wildman–Crippen MR) is 95.2 cm³/mol. The zero-order chi connectivity index (χ0) is 17.6. The highest BCUT2D eigenvalue weighted by Crippen LogP contribution is 2.33. The maximum atomic E-state index is 12.9. The van der Waals surface area contributed by atoms with Gasteiger partial charge in [0, 0.05) is 18.3 Å². The summed E-state index contributed by atoms with van der Waals surface area (Å²) in [6.45, 7) is 0.713. The van der Waals surface area contributed by atoms with Gasteiger partial charge in [0.25, 0.3) is 0 Å². The van der Waals surface area contributed by atoms with Crippen LogP contribution in [0.4, 0.5) is 10.5 Å². The van der Waals surface area contributed by atoms with Gasteiger partial charge in [-0.25, -0.2) is 4.79 Å². The lowest BCUT2D eigenvalue weighted by Crippen LogP contribution is -2.37. The van der Waals surface area contributed by atoms with Gasteiger partial charge in [-0.05, 0) is 37.1 Å². The Bertz CT molecular complexity index is 699. The molecule has 1 fully saturated rings. The van der Waals surface area contributed by atoms with Crippen molar-refractivity contribution in [1.29, 1.82) is 0 Å². The molecular weight excluding hydrogens is 320 g/mol. The molecule has 1 N–H and O–H groups in total. The van der Waals surface area contributed by atoms with Crippen molar-refractivity contribution >= 4 is 11.7 Å². The van der Waals surface area contributed by atoms with Crippen molar-refractivity contribution in [2.75, 3.05) is 26.1 Å². The molecule has 1 aromatic heterocycles. The normalized spacial score (nSPS) is 17.7. The SMILES string of the molecule is COc1ccc(NC(=O)N2CCCCCC2c2ccco2)cc1OC. The van der Waals surface area contributed by atoms with Gasteiger partial charge in [-0.3, -0.25) is 0 Å². The Morgan fingerprint density at radius 2 is 2.00 bits per heavy atom. The summed E-state index contributed by atoms with van der Waals surface area (Å²) >= 11 is 0. The molecule has 6 nitrogen and oxygen atoms in total. The Kier molecular flexibility index (Phi) is 5.48. The van der Waals surface area contributed by atoms with Gasteiger partial charge < -0.3 is 24.1 Å². The first-order valence-corrected chi connectivity index (χ1v) is 8.56. The quantitative estimate of drug-likeness (QED) is 0.890. The third-order valence-electron chi connectivity index (χ3n) is 4.52. The van der Waals surface area contributed by atoms with Gasteiger partial charge in [-0.2, -0.15) is 0 Å². The van der Waals surface area contributed by atoms with Gasteiger partial charge >= 0.3 is 6.03 Å². The van der Waals surface area contributed by atoms with Crippen LogP contribution in [-0.4, -0.2) is 31.7 Å². The van der Waals surface area contributed by atoms with Crippen molar-refractivity contribution < 1.29 is 18.7 Å². The molecule has 0 aliphatic carbocycles. The summed E-state index contributed by atoms with van der Waals surface area (Å²) in [5, 5.41) is 2.97. The number of urea groups is 1. The van der Waals surface area contributed by atoms with Crippen LogP contribution in [0.5, 0.6) is 11.5 Å². The molecule has 0 radical (unpaired) electrons. The number of hydrogen-bond acceptors (Lipinski definition) is 4. The van der Waals surface area contributed by atoms with Crippen molar-refractivity contribution in [3.63, 3.8) is 0 Å². The molecule has 0 spiro atoms. The minimum atomic E-state index is -0.129. The zero-order valence-corrected chi connectivity index (χ0v) is 14.7. The number of nitrogens with one attached hydrogen (secondary N) is 1. The number of furan rings is 1. The van der Waals surface area contributed by atoms with Crippen LogP contribution < -0.4 is 14.8 Å². The first kappa shape index (κ1) is 17.2. The molecule has 0 saturated carbocycles. The lowest BCUT2D eigenvalue weighted by Gasteiger charge is -2.28. The average molecular weight is 344 g/mol. The van der Waals surface area contributed by atoms with E-state index in [1.165, 1.54) is 0 Å². The number of carbonyl (C=O) groups excluding carboxylic acids is 1. The molecule has 1 saturated heterocycles. The Labute approximate surface area is 147 Å². The molecule has 1 aliphatic rings. The van der Waals surface area contributed by atoms with Crippen molar-refractivity contribution in [2.24, 2.45) is 0 Å². The fraction of sp³-hybridized carbons (Fsp3) is 0.421. The number of ether oxygens (including phenoxy) is 2. The maximum Gasteiger partial charge on any atom is 0.322 e. The molecule has 3 rings (SSSR count). The van der Waals surface area contributed by atoms with Gasteiger partial charge in [0.2, 0.25) is 0 Å². The highest BCUT2D eigenvalue weighted by atomic mass is 16.5. The second-order valence-electron chi connectivity index (χ2n) is 6.07. The van der Waals surface area contributed by atoms with Crippen LogP contribution in [0.2, 0.25) is 0 Å². The van der Waals surface area contributed by atoms with Crippen LogP contribution >= 0.6 is 0 Å². The van der Waals surface area contributed by atoms with Crippen LogP contribution in [0.1, 0.15) is 37.5 Å². The Morgan fingerprint density at radius 3 is 2.72 bits per heavy atom. The number of rotatable bonds is 4. The molecule has 2 amide bonds. The van der Waals surface area contributed by atoms with E-state index in [0.717, 1.165) is 31.4 Å². The molecule has 1 aromatic carbocycles. The zero-order valence-electron chi connectivity index (χ0n) is 14.7. The number of methoxy groups -OCH3 is 2. The molecule has 6 heteroatoms. The molecule has 2 aromatic rings. The highest BCUT2D eigenvalue weighted by molar-refractivity contribution is 5.90. The van der Waals surface area contributed by atoms with Crippen molar-refractivity contribution in [2.45, 2.75) is 31.7 Å². The lowest BCUT2D eigenvalue weighted by atomic mass is 10.1. The second kappa shape index (κ2) is 7.96. The van der Waals surface area contributed by atoms with E-state index in [2.05, 4.69) is 5.32 Å². The number of likely N-dealkylation sites (tertiary alicyclic amines) is 1. The van der Waals surface area contributed by atoms with Crippen molar-refractivity contribution in [3.8, 4) is 11.5 Å². The van der Waals surface area contributed by atoms with Crippen LogP contribution in [0.15, 0.2) is 41.0 Å². The minimum absolute atomic E-state index is 0.0300. The molecule has 1 aliphatic heterocycles. The van der Waals surface area contributed by atoms with E-state index in [1.807, 2.05) is 17.0 Å². The number of benzene rings is 1. The molecule has 134 valence electrons. The predicted octanol–water partition coefficient (Wildman–Crippen LogP) is 4.45. The van der Waals surface area contributed by atoms with E-state index in [1.54, 1.807) is 38.7 Å². The lowest BCUT2D eigenvalue weighted by molar-refractivity contribution is 0.179. The smallest absolute Gasteiger partial charge is 0.322 e. The summed E-state index contributed by atoms with van der Waals surface area (Å²) in [5.41, 5.74) is 0.671. The van der Waals surface area contributed by atoms with E-state index < -0.39 is 0 Å². The fourth-order valence-electron chi connectivity index (χ4n) is 3.24. The van der Waals surface area contributed by atoms with Gasteiger partial charge in [-0.15, -0.1) is 0 Å². The summed E-state index contributed by atoms with van der Waals surface area (Å²) in [5.74, 6) is 2.05. The fourth-order valence-corrected chi connectivity index (χ4v) is 3.24. The van der Waals surface area contributed by atoms with Crippen molar-refractivity contribution in [1.82, 2.24) is 4.90 Å². The van der Waals surface area contributed by atoms with Crippen LogP contribution in [-0.2, 0) is 0 Å². The van der Waals surface area contributed by atoms with Crippen LogP contribution in [0.3, 0.4) is 0 Å². The van der Waals surface area contributed by atoms with E-state index in [-0.39, 0.29) is 12.1 Å². The summed E-state index contributed by atoms with van der Waals surface area (Å²) in [6.07, 6.45) is 5.77. The monoisotopic (exact) mass is 344 g/mol. The summed E-state index contributed by atoms with van der Waals surface area (Å²) in [7, 11) is 3.16. The molecule has 25 heavy (non-hydrogen) atoms. The van der Waals surface area contributed by atoms with E-state index in [4.69, 9.17) is 13.9 Å². The Hall–Kier alpha value is -2.63. The van der Waals surface area contributed by atoms with Gasteiger partial charge in [0.1, 0.15) is 5.76 Å². The maximum absolute atomic E-state index is 12.9. The first-order valence-electron chi connectivity index (χ1n) is 8.56. The molecule has 1 atom stereocenters. The number of hydrogen-bond donors (Lipinski definition) is 1.